The summed E-state index contributed by atoms with van der Waals surface area (Å²) in [5, 5.41) is 0.931. The van der Waals surface area contributed by atoms with E-state index in [4.69, 9.17) is 4.74 Å². The minimum Gasteiger partial charge on any atom is -0.496 e. The molecule has 1 aromatic carbocycles. The highest BCUT2D eigenvalue weighted by Crippen LogP contribution is 2.32. The summed E-state index contributed by atoms with van der Waals surface area (Å²) in [6.07, 6.45) is 3.86. The first-order valence-corrected chi connectivity index (χ1v) is 6.76. The second-order valence-corrected chi connectivity index (χ2v) is 5.06. The van der Waals surface area contributed by atoms with Crippen molar-refractivity contribution in [3.05, 3.63) is 30.0 Å². The Balaban J connectivity index is 2.57. The molecule has 102 valence electrons. The van der Waals surface area contributed by atoms with E-state index in [0.717, 1.165) is 35.1 Å². The molecule has 0 fully saturated rings. The summed E-state index contributed by atoms with van der Waals surface area (Å²) in [5.41, 5.74) is 1.81. The fourth-order valence-electron chi connectivity index (χ4n) is 2.60. The van der Waals surface area contributed by atoms with Crippen LogP contribution in [0.4, 0.5) is 0 Å². The number of rotatable bonds is 5. The lowest BCUT2D eigenvalue weighted by atomic mass is 9.95. The standard InChI is InChI=1S/C16H21NO2/c1-5-7-11(2)16(18)12-10-17(3)13-8-6-9-14(19-4)15(12)13/h6,8-11H,5,7H2,1-4H3. The van der Waals surface area contributed by atoms with Crippen molar-refractivity contribution < 1.29 is 9.53 Å². The Morgan fingerprint density at radius 1 is 1.42 bits per heavy atom. The molecular weight excluding hydrogens is 238 g/mol. The van der Waals surface area contributed by atoms with Gasteiger partial charge in [0, 0.05) is 24.7 Å². The zero-order valence-electron chi connectivity index (χ0n) is 12.1. The summed E-state index contributed by atoms with van der Waals surface area (Å²) in [4.78, 5) is 12.6. The maximum absolute atomic E-state index is 12.6. The largest absolute Gasteiger partial charge is 0.496 e. The predicted octanol–water partition coefficient (Wildman–Crippen LogP) is 3.81. The molecule has 0 radical (unpaired) electrons. The summed E-state index contributed by atoms with van der Waals surface area (Å²) >= 11 is 0. The van der Waals surface area contributed by atoms with Crippen molar-refractivity contribution >= 4 is 16.7 Å². The average Bonchev–Trinajstić information content (AvgIpc) is 2.76. The number of carbonyl (C=O) groups excluding carboxylic acids is 1. The number of ketones is 1. The van der Waals surface area contributed by atoms with E-state index in [9.17, 15) is 4.79 Å². The Bertz CT molecular complexity index is 598. The molecule has 0 saturated carbocycles. The third-order valence-electron chi connectivity index (χ3n) is 3.63. The number of hydrogen-bond donors (Lipinski definition) is 0. The molecule has 0 amide bonds. The van der Waals surface area contributed by atoms with Crippen LogP contribution in [0.1, 0.15) is 37.0 Å². The van der Waals surface area contributed by atoms with Crippen LogP contribution in [-0.4, -0.2) is 17.5 Å². The van der Waals surface area contributed by atoms with E-state index >= 15 is 0 Å². The van der Waals surface area contributed by atoms with E-state index < -0.39 is 0 Å². The summed E-state index contributed by atoms with van der Waals surface area (Å²) in [5.74, 6) is 1.03. The Kier molecular flexibility index (Phi) is 3.93. The van der Waals surface area contributed by atoms with Crippen LogP contribution < -0.4 is 4.74 Å². The van der Waals surface area contributed by atoms with Crippen LogP contribution in [0, 0.1) is 5.92 Å². The Morgan fingerprint density at radius 3 is 2.79 bits per heavy atom. The molecular formula is C16H21NO2. The molecule has 0 aliphatic carbocycles. The molecule has 19 heavy (non-hydrogen) atoms. The van der Waals surface area contributed by atoms with Gasteiger partial charge in [0.2, 0.25) is 0 Å². The highest BCUT2D eigenvalue weighted by Gasteiger charge is 2.21. The van der Waals surface area contributed by atoms with Gasteiger partial charge in [-0.05, 0) is 18.6 Å². The molecule has 3 nitrogen and oxygen atoms in total. The lowest BCUT2D eigenvalue weighted by molar-refractivity contribution is 0.0925. The van der Waals surface area contributed by atoms with Crippen LogP contribution in [-0.2, 0) is 7.05 Å². The first-order chi connectivity index (χ1) is 9.10. The highest BCUT2D eigenvalue weighted by molar-refractivity contribution is 6.11. The number of aryl methyl sites for hydroxylation is 1. The monoisotopic (exact) mass is 259 g/mol. The molecule has 1 heterocycles. The number of benzene rings is 1. The van der Waals surface area contributed by atoms with E-state index in [-0.39, 0.29) is 11.7 Å². The van der Waals surface area contributed by atoms with Crippen LogP contribution in [0.5, 0.6) is 5.75 Å². The second kappa shape index (κ2) is 5.47. The third-order valence-corrected chi connectivity index (χ3v) is 3.63. The van der Waals surface area contributed by atoms with Gasteiger partial charge < -0.3 is 9.30 Å². The number of hydrogen-bond acceptors (Lipinski definition) is 2. The van der Waals surface area contributed by atoms with Gasteiger partial charge in [0.25, 0.3) is 0 Å². The zero-order valence-corrected chi connectivity index (χ0v) is 12.1. The number of nitrogens with zero attached hydrogens (tertiary/aromatic N) is 1. The van der Waals surface area contributed by atoms with E-state index in [1.807, 2.05) is 42.9 Å². The van der Waals surface area contributed by atoms with E-state index in [1.54, 1.807) is 7.11 Å². The van der Waals surface area contributed by atoms with Gasteiger partial charge >= 0.3 is 0 Å². The normalized spacial score (nSPS) is 12.6. The molecule has 1 aromatic heterocycles. The first-order valence-electron chi connectivity index (χ1n) is 6.76. The summed E-state index contributed by atoms with van der Waals surface area (Å²) in [6.45, 7) is 4.10. The Hall–Kier alpha value is -1.77. The van der Waals surface area contributed by atoms with Gasteiger partial charge in [0.1, 0.15) is 5.75 Å². The number of aromatic nitrogens is 1. The number of fused-ring (bicyclic) bond motifs is 1. The van der Waals surface area contributed by atoms with E-state index in [2.05, 4.69) is 6.92 Å². The van der Waals surface area contributed by atoms with Crippen molar-refractivity contribution in [2.45, 2.75) is 26.7 Å². The zero-order chi connectivity index (χ0) is 14.0. The SMILES string of the molecule is CCCC(C)C(=O)c1cn(C)c2cccc(OC)c12. The van der Waals surface area contributed by atoms with Crippen molar-refractivity contribution in [1.29, 1.82) is 0 Å². The highest BCUT2D eigenvalue weighted by atomic mass is 16.5. The van der Waals surface area contributed by atoms with Gasteiger partial charge in [-0.2, -0.15) is 0 Å². The fraction of sp³-hybridized carbons (Fsp3) is 0.438. The van der Waals surface area contributed by atoms with Crippen LogP contribution in [0.15, 0.2) is 24.4 Å². The molecule has 3 heteroatoms. The molecule has 1 atom stereocenters. The average molecular weight is 259 g/mol. The Labute approximate surface area is 114 Å². The maximum atomic E-state index is 12.6. The maximum Gasteiger partial charge on any atom is 0.167 e. The molecule has 0 spiro atoms. The minimum absolute atomic E-state index is 0.0560. The topological polar surface area (TPSA) is 31.2 Å². The smallest absolute Gasteiger partial charge is 0.167 e. The molecule has 2 aromatic rings. The second-order valence-electron chi connectivity index (χ2n) is 5.06. The number of ether oxygens (including phenoxy) is 1. The van der Waals surface area contributed by atoms with Gasteiger partial charge in [0.05, 0.1) is 18.0 Å². The van der Waals surface area contributed by atoms with Crippen molar-refractivity contribution in [2.24, 2.45) is 13.0 Å². The molecule has 0 saturated heterocycles. The summed E-state index contributed by atoms with van der Waals surface area (Å²) in [7, 11) is 3.61. The number of carbonyl (C=O) groups is 1. The molecule has 1 unspecified atom stereocenters. The fourth-order valence-corrected chi connectivity index (χ4v) is 2.60. The van der Waals surface area contributed by atoms with Crippen molar-refractivity contribution in [1.82, 2.24) is 4.57 Å². The van der Waals surface area contributed by atoms with Crippen LogP contribution in [0.2, 0.25) is 0 Å². The van der Waals surface area contributed by atoms with Crippen molar-refractivity contribution in [3.63, 3.8) is 0 Å². The van der Waals surface area contributed by atoms with E-state index in [1.165, 1.54) is 0 Å². The van der Waals surface area contributed by atoms with Gasteiger partial charge in [-0.25, -0.2) is 0 Å². The van der Waals surface area contributed by atoms with Gasteiger partial charge in [-0.15, -0.1) is 0 Å². The first kappa shape index (κ1) is 13.7. The molecule has 0 aliphatic rings. The van der Waals surface area contributed by atoms with Gasteiger partial charge in [0.15, 0.2) is 5.78 Å². The predicted molar refractivity (Wildman–Crippen MR) is 77.9 cm³/mol. The number of methoxy groups -OCH3 is 1. The minimum atomic E-state index is 0.0560. The lowest BCUT2D eigenvalue weighted by Gasteiger charge is -2.09. The van der Waals surface area contributed by atoms with Crippen molar-refractivity contribution in [3.8, 4) is 5.75 Å². The molecule has 0 N–H and O–H groups in total. The Morgan fingerprint density at radius 2 is 2.16 bits per heavy atom. The van der Waals surface area contributed by atoms with Crippen molar-refractivity contribution in [2.75, 3.05) is 7.11 Å². The number of Topliss-reactive ketones (excluding diaryl/α,β-unsaturated/α-hetero) is 1. The third kappa shape index (κ3) is 2.37. The van der Waals surface area contributed by atoms with Crippen LogP contribution in [0.3, 0.4) is 0 Å². The molecule has 2 rings (SSSR count). The lowest BCUT2D eigenvalue weighted by Crippen LogP contribution is -2.10. The van der Waals surface area contributed by atoms with Gasteiger partial charge in [-0.3, -0.25) is 4.79 Å². The van der Waals surface area contributed by atoms with Crippen LogP contribution >= 0.6 is 0 Å². The van der Waals surface area contributed by atoms with Gasteiger partial charge in [-0.1, -0.05) is 26.3 Å². The summed E-state index contributed by atoms with van der Waals surface area (Å²) in [6, 6.07) is 5.87. The summed E-state index contributed by atoms with van der Waals surface area (Å²) < 4.78 is 7.40. The van der Waals surface area contributed by atoms with Crippen LogP contribution in [0.25, 0.3) is 10.9 Å². The van der Waals surface area contributed by atoms with E-state index in [0.29, 0.717) is 0 Å². The quantitative estimate of drug-likeness (QED) is 0.765. The molecule has 0 bridgehead atoms. The molecule has 0 aliphatic heterocycles.